The van der Waals surface area contributed by atoms with Crippen molar-refractivity contribution in [2.24, 2.45) is 21.9 Å². The van der Waals surface area contributed by atoms with Crippen molar-refractivity contribution in [1.29, 1.82) is 0 Å². The fourth-order valence-electron chi connectivity index (χ4n) is 9.78. The number of halogens is 1. The summed E-state index contributed by atoms with van der Waals surface area (Å²) >= 11 is 0. The smallest absolute Gasteiger partial charge is 0.352 e. The van der Waals surface area contributed by atoms with Gasteiger partial charge in [-0.2, -0.15) is 9.36 Å². The van der Waals surface area contributed by atoms with Gasteiger partial charge in [0, 0.05) is 69.9 Å². The lowest BCUT2D eigenvalue weighted by Crippen LogP contribution is -2.51. The number of aromatic nitrogens is 3. The highest BCUT2D eigenvalue weighted by Gasteiger charge is 2.41. The Kier molecular flexibility index (Phi) is 15.4. The summed E-state index contributed by atoms with van der Waals surface area (Å²) in [5.41, 5.74) is 13.7. The van der Waals surface area contributed by atoms with Crippen LogP contribution in [-0.4, -0.2) is 98.6 Å². The van der Waals surface area contributed by atoms with Crippen LogP contribution in [-0.2, 0) is 20.9 Å². The predicted octanol–water partition coefficient (Wildman–Crippen LogP) is 3.71. The van der Waals surface area contributed by atoms with Crippen LogP contribution in [0.2, 0.25) is 0 Å². The topological polar surface area (TPSA) is 224 Å². The molecule has 1 aliphatic carbocycles. The van der Waals surface area contributed by atoms with Gasteiger partial charge in [0.25, 0.3) is 5.91 Å². The van der Waals surface area contributed by atoms with Gasteiger partial charge in [-0.05, 0) is 78.6 Å². The second-order valence-corrected chi connectivity index (χ2v) is 17.4. The fourth-order valence-corrected chi connectivity index (χ4v) is 9.78. The molecule has 5 aromatic rings. The number of hydrogen-bond acceptors (Lipinski definition) is 8. The van der Waals surface area contributed by atoms with Gasteiger partial charge in [0.15, 0.2) is 5.96 Å². The number of anilines is 1. The van der Waals surface area contributed by atoms with Crippen LogP contribution in [0.4, 0.5) is 5.69 Å². The number of piperazine rings is 1. The Morgan fingerprint density at radius 1 is 0.746 bits per heavy atom. The first-order chi connectivity index (χ1) is 32.0. The van der Waals surface area contributed by atoms with E-state index < -0.39 is 28.7 Å². The molecule has 1 unspecified atom stereocenters. The third-order valence-electron chi connectivity index (χ3n) is 13.0. The number of benzene rings is 4. The molecule has 2 fully saturated rings. The minimum atomic E-state index is -0.967. The minimum absolute atomic E-state index is 0. The fraction of sp³-hybridized carbons (Fsp3) is 0.367. The third kappa shape index (κ3) is 10.8. The normalized spacial score (nSPS) is 16.9. The lowest BCUT2D eigenvalue weighted by molar-refractivity contribution is -0.137. The molecule has 8 rings (SSSR count). The molecule has 17 nitrogen and oxygen atoms in total. The number of hydrogen-bond donors (Lipinski definition) is 5. The largest absolute Gasteiger partial charge is 0.370 e. The number of nitrogens with zero attached hydrogens (tertiary/aromatic N) is 6. The lowest BCUT2D eigenvalue weighted by atomic mass is 9.78. The summed E-state index contributed by atoms with van der Waals surface area (Å²) in [5, 5.41) is 8.85. The van der Waals surface area contributed by atoms with Crippen molar-refractivity contribution in [3.05, 3.63) is 147 Å². The quantitative estimate of drug-likeness (QED) is 0.0552. The maximum atomic E-state index is 14.1. The molecule has 1 saturated heterocycles. The number of amides is 4. The molecule has 67 heavy (non-hydrogen) atoms. The number of nitrogens with two attached hydrogens (primary N) is 2. The van der Waals surface area contributed by atoms with E-state index in [1.807, 2.05) is 65.6 Å². The van der Waals surface area contributed by atoms with E-state index in [9.17, 15) is 28.8 Å². The highest BCUT2D eigenvalue weighted by Crippen LogP contribution is 2.45. The van der Waals surface area contributed by atoms with Gasteiger partial charge in [0.2, 0.25) is 17.7 Å². The van der Waals surface area contributed by atoms with Crippen molar-refractivity contribution < 1.29 is 19.2 Å². The Balaban J connectivity index is 0.00000666. The molecule has 4 amide bonds. The maximum absolute atomic E-state index is 14.1. The Bertz CT molecular complexity index is 2630. The van der Waals surface area contributed by atoms with Crippen LogP contribution in [0.15, 0.2) is 124 Å². The summed E-state index contributed by atoms with van der Waals surface area (Å²) in [6.07, 6.45) is 4.10. The molecule has 1 saturated carbocycles. The first-order valence-corrected chi connectivity index (χ1v) is 22.7. The number of carbonyl (C=O) groups excluding carboxylic acids is 4. The van der Waals surface area contributed by atoms with Crippen LogP contribution in [0, 0.1) is 5.41 Å². The molecule has 3 aliphatic rings. The average Bonchev–Trinajstić information content (AvgIpc) is 3.84. The summed E-state index contributed by atoms with van der Waals surface area (Å²) in [4.78, 5) is 91.0. The molecule has 0 radical (unpaired) electrons. The number of guanidine groups is 1. The van der Waals surface area contributed by atoms with Crippen molar-refractivity contribution in [2.75, 3.05) is 44.6 Å². The number of aliphatic imine (C=N–C) groups is 1. The number of nitrogens with one attached hydrogen (secondary N) is 3. The van der Waals surface area contributed by atoms with Gasteiger partial charge in [-0.1, -0.05) is 85.6 Å². The molecule has 352 valence electrons. The Hall–Kier alpha value is -6.98. The molecule has 2 atom stereocenters. The number of carbonyl (C=O) groups is 4. The minimum Gasteiger partial charge on any atom is -0.370 e. The van der Waals surface area contributed by atoms with E-state index in [-0.39, 0.29) is 81.0 Å². The van der Waals surface area contributed by atoms with Crippen LogP contribution in [0.25, 0.3) is 11.4 Å². The second kappa shape index (κ2) is 21.5. The summed E-state index contributed by atoms with van der Waals surface area (Å²) in [7, 11) is 0. The lowest BCUT2D eigenvalue weighted by Gasteiger charge is -2.41. The van der Waals surface area contributed by atoms with Gasteiger partial charge < -0.3 is 32.3 Å². The van der Waals surface area contributed by atoms with E-state index in [4.69, 9.17) is 11.5 Å². The van der Waals surface area contributed by atoms with Gasteiger partial charge in [-0.25, -0.2) is 14.2 Å². The molecule has 3 heterocycles. The monoisotopic (exact) mass is 931 g/mol. The Morgan fingerprint density at radius 2 is 1.33 bits per heavy atom. The second-order valence-electron chi connectivity index (χ2n) is 17.4. The highest BCUT2D eigenvalue weighted by atomic mass is 35.5. The van der Waals surface area contributed by atoms with Crippen molar-refractivity contribution in [3.63, 3.8) is 0 Å². The van der Waals surface area contributed by atoms with Crippen molar-refractivity contribution in [2.45, 2.75) is 70.0 Å². The summed E-state index contributed by atoms with van der Waals surface area (Å²) < 4.78 is 3.67. The highest BCUT2D eigenvalue weighted by molar-refractivity contribution is 6.07. The van der Waals surface area contributed by atoms with Gasteiger partial charge in [0.1, 0.15) is 6.04 Å². The van der Waals surface area contributed by atoms with Crippen molar-refractivity contribution in [3.8, 4) is 11.4 Å². The zero-order valence-corrected chi connectivity index (χ0v) is 38.2. The molecule has 2 aliphatic heterocycles. The Labute approximate surface area is 394 Å². The molecule has 0 spiro atoms. The molecule has 7 N–H and O–H groups in total. The standard InChI is InChI=1S/C49H57N11O6.ClH/c50-46(51)53-25-13-22-40(45(64)52-26-27-58-47(65)59(34-14-3-1-4-15-34)60(48(58)66)35-16-5-2-6-17-35)54-41(61)32-49(23-11-12-24-49)33-42(62)56-28-30-57(31-29-56)43-36-18-7-8-19-37(36)44(63)55-39-21-10-9-20-38(39)43;/h1-10,14-21,40,43H,11-13,22-33H2,(H,52,64)(H,54,61)(H,55,63)(H4,50,51,53);1H/t40-,43?;/m0./s1. The van der Waals surface area contributed by atoms with Crippen LogP contribution in [0.3, 0.4) is 0 Å². The van der Waals surface area contributed by atoms with E-state index in [1.165, 1.54) is 9.36 Å². The SMILES string of the molecule is Cl.NC(N)=NCCC[C@H](NC(=O)CC1(CC(=O)N2CCN(C3c4ccccc4NC(=O)c4ccccc43)CC2)CCCC1)C(=O)NCCn1c(=O)n(-c2ccccc2)n(-c2ccccc2)c1=O. The summed E-state index contributed by atoms with van der Waals surface area (Å²) in [5.74, 6) is -1.06. The molecular formula is C49H58ClN11O6. The molecule has 1 aromatic heterocycles. The number of para-hydroxylation sites is 3. The van der Waals surface area contributed by atoms with E-state index in [0.717, 1.165) is 34.2 Å². The number of rotatable bonds is 16. The first-order valence-electron chi connectivity index (χ1n) is 22.7. The predicted molar refractivity (Wildman–Crippen MR) is 259 cm³/mol. The zero-order chi connectivity index (χ0) is 46.2. The van der Waals surface area contributed by atoms with Crippen LogP contribution in [0.1, 0.15) is 78.9 Å². The van der Waals surface area contributed by atoms with Crippen molar-refractivity contribution >= 4 is 47.7 Å². The molecule has 0 bridgehead atoms. The van der Waals surface area contributed by atoms with E-state index in [2.05, 4.69) is 25.8 Å². The number of fused-ring (bicyclic) bond motifs is 2. The van der Waals surface area contributed by atoms with Crippen LogP contribution < -0.4 is 38.8 Å². The first kappa shape index (κ1) is 48.0. The molecule has 18 heteroatoms. The van der Waals surface area contributed by atoms with Crippen LogP contribution in [0.5, 0.6) is 0 Å². The van der Waals surface area contributed by atoms with Gasteiger partial charge in [0.05, 0.1) is 17.4 Å². The molecule has 4 aromatic carbocycles. The van der Waals surface area contributed by atoms with Gasteiger partial charge in [-0.15, -0.1) is 12.4 Å². The van der Waals surface area contributed by atoms with Crippen LogP contribution >= 0.6 is 12.4 Å². The summed E-state index contributed by atoms with van der Waals surface area (Å²) in [6, 6.07) is 32.1. The summed E-state index contributed by atoms with van der Waals surface area (Å²) in [6.45, 7) is 2.27. The Morgan fingerprint density at radius 3 is 1.96 bits per heavy atom. The average molecular weight is 933 g/mol. The van der Waals surface area contributed by atoms with Gasteiger partial charge in [-0.3, -0.25) is 29.1 Å². The van der Waals surface area contributed by atoms with E-state index in [0.29, 0.717) is 62.4 Å². The van der Waals surface area contributed by atoms with E-state index in [1.54, 1.807) is 48.5 Å². The molecular weight excluding hydrogens is 874 g/mol. The zero-order valence-electron chi connectivity index (χ0n) is 37.3. The maximum Gasteiger partial charge on any atom is 0.352 e. The van der Waals surface area contributed by atoms with E-state index >= 15 is 0 Å². The van der Waals surface area contributed by atoms with Gasteiger partial charge >= 0.3 is 11.4 Å². The van der Waals surface area contributed by atoms with Crippen molar-refractivity contribution in [1.82, 2.24) is 34.4 Å². The third-order valence-corrected chi connectivity index (χ3v) is 13.0.